The summed E-state index contributed by atoms with van der Waals surface area (Å²) in [6.45, 7) is 1.80. The maximum absolute atomic E-state index is 11.9. The molecular weight excluding hydrogens is 335 g/mol. The fourth-order valence-electron chi connectivity index (χ4n) is 3.11. The molecule has 0 saturated carbocycles. The maximum Gasteiger partial charge on any atom is 0.164 e. The largest absolute Gasteiger partial charge is 0.394 e. The monoisotopic (exact) mass is 376 g/mol. The molecule has 0 aromatic heterocycles. The number of carbonyl (C=O) groups excluding carboxylic acids is 1. The second-order valence-corrected chi connectivity index (χ2v) is 7.39. The van der Waals surface area contributed by atoms with Crippen LogP contribution in [0.5, 0.6) is 0 Å². The lowest BCUT2D eigenvalue weighted by Crippen LogP contribution is -2.36. The van der Waals surface area contributed by atoms with E-state index in [1.54, 1.807) is 0 Å². The predicted molar refractivity (Wildman–Crippen MR) is 108 cm³/mol. The Morgan fingerprint density at radius 1 is 0.840 bits per heavy atom. The van der Waals surface area contributed by atoms with Crippen molar-refractivity contribution in [1.82, 2.24) is 0 Å². The van der Waals surface area contributed by atoms with Gasteiger partial charge in [-0.25, -0.2) is 0 Å². The average Bonchev–Trinajstić information content (AvgIpc) is 2.62. The highest BCUT2D eigenvalue weighted by atomic mass is 31.0. The third-order valence-electron chi connectivity index (χ3n) is 4.78. The summed E-state index contributed by atoms with van der Waals surface area (Å²) >= 11 is 0. The molecule has 0 aromatic rings. The van der Waals surface area contributed by atoms with Crippen molar-refractivity contribution in [2.75, 3.05) is 6.61 Å². The van der Waals surface area contributed by atoms with Crippen molar-refractivity contribution in [3.05, 3.63) is 0 Å². The molecule has 2 N–H and O–H groups in total. The molecule has 0 amide bonds. The summed E-state index contributed by atoms with van der Waals surface area (Å²) in [5, 5.41) is 18.4. The fraction of sp³-hybridized carbons (Fsp3) is 0.950. The first-order chi connectivity index (χ1) is 12.2. The highest BCUT2D eigenvalue weighted by molar-refractivity contribution is 7.09. The number of hydrogen-bond donors (Lipinski definition) is 2. The molecule has 0 fully saturated rings. The molecule has 0 spiro atoms. The Balaban J connectivity index is 3.34. The van der Waals surface area contributed by atoms with Gasteiger partial charge in [-0.05, 0) is 6.42 Å². The summed E-state index contributed by atoms with van der Waals surface area (Å²) < 4.78 is 4.89. The number of aliphatic hydroxyl groups excluding tert-OH is 2. The number of carbonyl (C=O) groups is 1. The molecule has 0 aromatic carbocycles. The van der Waals surface area contributed by atoms with Crippen LogP contribution in [-0.2, 0) is 9.32 Å². The van der Waals surface area contributed by atoms with E-state index in [4.69, 9.17) is 9.63 Å². The quantitative estimate of drug-likeness (QED) is 0.247. The van der Waals surface area contributed by atoms with Gasteiger partial charge in [0.05, 0.1) is 6.61 Å². The van der Waals surface area contributed by atoms with Crippen molar-refractivity contribution in [3.8, 4) is 0 Å². The van der Waals surface area contributed by atoms with Crippen molar-refractivity contribution in [2.24, 2.45) is 0 Å². The molecule has 25 heavy (non-hydrogen) atoms. The molecule has 0 aliphatic heterocycles. The first-order valence-electron chi connectivity index (χ1n) is 10.3. The smallest absolute Gasteiger partial charge is 0.164 e. The van der Waals surface area contributed by atoms with E-state index >= 15 is 0 Å². The van der Waals surface area contributed by atoms with Crippen LogP contribution in [-0.4, -0.2) is 34.8 Å². The zero-order chi connectivity index (χ0) is 18.8. The van der Waals surface area contributed by atoms with Gasteiger partial charge in [-0.3, -0.25) is 4.79 Å². The number of Topliss-reactive ketones (excluding diaryl/α,β-unsaturated/α-hetero) is 1. The summed E-state index contributed by atoms with van der Waals surface area (Å²) in [7, 11) is 2.00. The van der Waals surface area contributed by atoms with Gasteiger partial charge in [-0.1, -0.05) is 90.4 Å². The predicted octanol–water partition coefficient (Wildman–Crippen LogP) is 4.96. The molecule has 3 atom stereocenters. The molecule has 4 nitrogen and oxygen atoms in total. The number of ketones is 1. The molecule has 0 bridgehead atoms. The minimum absolute atomic E-state index is 0.129. The lowest BCUT2D eigenvalue weighted by Gasteiger charge is -2.18. The Bertz CT molecular complexity index is 299. The van der Waals surface area contributed by atoms with Crippen molar-refractivity contribution in [1.29, 1.82) is 0 Å². The van der Waals surface area contributed by atoms with Gasteiger partial charge in [0.1, 0.15) is 12.2 Å². The highest BCUT2D eigenvalue weighted by Gasteiger charge is 2.25. The van der Waals surface area contributed by atoms with Gasteiger partial charge in [0.15, 0.2) is 5.78 Å². The standard InChI is InChI=1S/C20H41O4P/c1-2-3-4-5-6-7-8-9-10-11-12-13-14-15-16-18(22)20(24-25)19(23)17-21/h19-21,23H,2-17,25H2,1H3. The second-order valence-electron chi connectivity index (χ2n) is 7.12. The van der Waals surface area contributed by atoms with Gasteiger partial charge >= 0.3 is 0 Å². The van der Waals surface area contributed by atoms with Gasteiger partial charge in [0, 0.05) is 15.9 Å². The van der Waals surface area contributed by atoms with E-state index in [9.17, 15) is 9.90 Å². The summed E-state index contributed by atoms with van der Waals surface area (Å²) in [5.41, 5.74) is 0. The summed E-state index contributed by atoms with van der Waals surface area (Å²) in [6.07, 6.45) is 16.3. The Kier molecular flexibility index (Phi) is 18.7. The number of aliphatic hydroxyl groups is 2. The Hall–Kier alpha value is -0.0200. The topological polar surface area (TPSA) is 66.8 Å². The zero-order valence-electron chi connectivity index (χ0n) is 16.3. The van der Waals surface area contributed by atoms with Crippen molar-refractivity contribution in [2.45, 2.75) is 115 Å². The van der Waals surface area contributed by atoms with E-state index in [0.717, 1.165) is 12.8 Å². The number of hydrogen-bond acceptors (Lipinski definition) is 4. The van der Waals surface area contributed by atoms with Crippen LogP contribution in [0, 0.1) is 0 Å². The Morgan fingerprint density at radius 3 is 1.60 bits per heavy atom. The third-order valence-corrected chi connectivity index (χ3v) is 5.07. The van der Waals surface area contributed by atoms with Crippen molar-refractivity contribution >= 4 is 15.2 Å². The minimum Gasteiger partial charge on any atom is -0.394 e. The van der Waals surface area contributed by atoms with Crippen LogP contribution >= 0.6 is 9.47 Å². The molecule has 0 aliphatic rings. The first kappa shape index (κ1) is 25.0. The lowest BCUT2D eigenvalue weighted by molar-refractivity contribution is -0.131. The summed E-state index contributed by atoms with van der Waals surface area (Å²) in [4.78, 5) is 11.9. The molecule has 0 heterocycles. The maximum atomic E-state index is 11.9. The average molecular weight is 377 g/mol. The van der Waals surface area contributed by atoms with Crippen LogP contribution in [0.2, 0.25) is 0 Å². The van der Waals surface area contributed by atoms with Gasteiger partial charge < -0.3 is 14.7 Å². The van der Waals surface area contributed by atoms with E-state index < -0.39 is 18.8 Å². The van der Waals surface area contributed by atoms with Crippen LogP contribution < -0.4 is 0 Å². The fourth-order valence-corrected chi connectivity index (χ4v) is 3.45. The summed E-state index contributed by atoms with van der Waals surface area (Å²) in [6, 6.07) is 0. The normalized spacial score (nSPS) is 13.8. The molecule has 0 aliphatic carbocycles. The molecule has 150 valence electrons. The highest BCUT2D eigenvalue weighted by Crippen LogP contribution is 2.15. The molecule has 3 unspecified atom stereocenters. The van der Waals surface area contributed by atoms with E-state index in [-0.39, 0.29) is 5.78 Å². The second kappa shape index (κ2) is 18.8. The van der Waals surface area contributed by atoms with E-state index in [0.29, 0.717) is 6.42 Å². The molecular formula is C20H41O4P. The van der Waals surface area contributed by atoms with Crippen LogP contribution in [0.3, 0.4) is 0 Å². The van der Waals surface area contributed by atoms with Crippen LogP contribution in [0.1, 0.15) is 103 Å². The minimum atomic E-state index is -1.13. The SMILES string of the molecule is CCCCCCCCCCCCCCCCC(=O)C(OP)C(O)CO. The van der Waals surface area contributed by atoms with E-state index in [1.165, 1.54) is 77.0 Å². The van der Waals surface area contributed by atoms with E-state index in [1.807, 2.05) is 9.47 Å². The van der Waals surface area contributed by atoms with Crippen LogP contribution in [0.15, 0.2) is 0 Å². The first-order valence-corrected chi connectivity index (χ1v) is 10.8. The molecule has 0 rings (SSSR count). The molecule has 5 heteroatoms. The third kappa shape index (κ3) is 14.8. The number of unbranched alkanes of at least 4 members (excludes halogenated alkanes) is 13. The Labute approximate surface area is 157 Å². The van der Waals surface area contributed by atoms with Crippen LogP contribution in [0.25, 0.3) is 0 Å². The van der Waals surface area contributed by atoms with E-state index in [2.05, 4.69) is 6.92 Å². The summed E-state index contributed by atoms with van der Waals surface area (Å²) in [5.74, 6) is -0.129. The van der Waals surface area contributed by atoms with Crippen molar-refractivity contribution < 1.29 is 19.5 Å². The van der Waals surface area contributed by atoms with Gasteiger partial charge in [0.2, 0.25) is 0 Å². The molecule has 0 radical (unpaired) electrons. The molecule has 0 saturated heterocycles. The van der Waals surface area contributed by atoms with Gasteiger partial charge in [0.25, 0.3) is 0 Å². The van der Waals surface area contributed by atoms with Gasteiger partial charge in [-0.15, -0.1) is 0 Å². The zero-order valence-corrected chi connectivity index (χ0v) is 17.4. The van der Waals surface area contributed by atoms with Crippen molar-refractivity contribution in [3.63, 3.8) is 0 Å². The lowest BCUT2D eigenvalue weighted by atomic mass is 10.0. The number of rotatable bonds is 19. The Morgan fingerprint density at radius 2 is 1.24 bits per heavy atom. The van der Waals surface area contributed by atoms with Gasteiger partial charge in [-0.2, -0.15) is 0 Å². The van der Waals surface area contributed by atoms with Crippen LogP contribution in [0.4, 0.5) is 0 Å².